The normalized spacial score (nSPS) is 17.2. The van der Waals surface area contributed by atoms with Crippen molar-refractivity contribution in [3.63, 3.8) is 0 Å². The molecule has 0 aliphatic carbocycles. The number of carbonyl (C=O) groups is 1. The van der Waals surface area contributed by atoms with Gasteiger partial charge in [0, 0.05) is 18.5 Å². The summed E-state index contributed by atoms with van der Waals surface area (Å²) in [5.74, 6) is 1.53. The SMILES string of the molecule is Cc1nc(CC(=O)NCC(c2ccc(Cl)cc2)N2CCC(C)CC2)no1. The molecular weight excluding hydrogens is 352 g/mol. The predicted octanol–water partition coefficient (Wildman–Crippen LogP) is 3.16. The Labute approximate surface area is 158 Å². The summed E-state index contributed by atoms with van der Waals surface area (Å²) in [6, 6.07) is 8.02. The van der Waals surface area contributed by atoms with Gasteiger partial charge in [0.15, 0.2) is 5.82 Å². The monoisotopic (exact) mass is 376 g/mol. The van der Waals surface area contributed by atoms with Crippen LogP contribution in [0, 0.1) is 12.8 Å². The van der Waals surface area contributed by atoms with Gasteiger partial charge in [-0.25, -0.2) is 0 Å². The maximum Gasteiger partial charge on any atom is 0.227 e. The van der Waals surface area contributed by atoms with Crippen LogP contribution in [0.4, 0.5) is 0 Å². The molecule has 1 saturated heterocycles. The Bertz CT molecular complexity index is 723. The van der Waals surface area contributed by atoms with Crippen molar-refractivity contribution in [1.29, 1.82) is 0 Å². The van der Waals surface area contributed by atoms with Crippen LogP contribution in [0.25, 0.3) is 0 Å². The van der Waals surface area contributed by atoms with Crippen LogP contribution < -0.4 is 5.32 Å². The van der Waals surface area contributed by atoms with Gasteiger partial charge in [-0.3, -0.25) is 9.69 Å². The minimum absolute atomic E-state index is 0.102. The number of nitrogens with one attached hydrogen (secondary N) is 1. The molecule has 1 aromatic carbocycles. The molecule has 0 radical (unpaired) electrons. The predicted molar refractivity (Wildman–Crippen MR) is 99.9 cm³/mol. The number of likely N-dealkylation sites (tertiary alicyclic amines) is 1. The highest BCUT2D eigenvalue weighted by atomic mass is 35.5. The lowest BCUT2D eigenvalue weighted by Crippen LogP contribution is -2.42. The largest absolute Gasteiger partial charge is 0.354 e. The maximum absolute atomic E-state index is 12.3. The number of aryl methyl sites for hydroxylation is 1. The third kappa shape index (κ3) is 5.05. The van der Waals surface area contributed by atoms with Crippen LogP contribution in [0.2, 0.25) is 5.02 Å². The third-order valence-electron chi connectivity index (χ3n) is 4.89. The smallest absolute Gasteiger partial charge is 0.227 e. The van der Waals surface area contributed by atoms with E-state index in [1.807, 2.05) is 24.3 Å². The molecular formula is C19H25ClN4O2. The number of carbonyl (C=O) groups excluding carboxylic acids is 1. The van der Waals surface area contributed by atoms with Gasteiger partial charge in [-0.05, 0) is 49.5 Å². The summed E-state index contributed by atoms with van der Waals surface area (Å²) < 4.78 is 4.91. The Balaban J connectivity index is 1.65. The number of amides is 1. The van der Waals surface area contributed by atoms with Crippen LogP contribution >= 0.6 is 11.6 Å². The summed E-state index contributed by atoms with van der Waals surface area (Å²) in [6.07, 6.45) is 2.49. The number of rotatable bonds is 6. The molecule has 1 unspecified atom stereocenters. The molecule has 0 bridgehead atoms. The molecule has 6 nitrogen and oxygen atoms in total. The average molecular weight is 377 g/mol. The van der Waals surface area contributed by atoms with Crippen LogP contribution in [0.1, 0.15) is 43.1 Å². The van der Waals surface area contributed by atoms with E-state index >= 15 is 0 Å². The number of hydrogen-bond acceptors (Lipinski definition) is 5. The van der Waals surface area contributed by atoms with Gasteiger partial charge in [0.2, 0.25) is 11.8 Å². The lowest BCUT2D eigenvalue weighted by atomic mass is 9.95. The van der Waals surface area contributed by atoms with E-state index in [9.17, 15) is 4.79 Å². The van der Waals surface area contributed by atoms with Gasteiger partial charge in [0.1, 0.15) is 0 Å². The Morgan fingerprint density at radius 2 is 2.04 bits per heavy atom. The van der Waals surface area contributed by atoms with Crippen LogP contribution in [-0.4, -0.2) is 40.6 Å². The van der Waals surface area contributed by atoms with E-state index in [1.54, 1.807) is 6.92 Å². The molecule has 1 aromatic heterocycles. The highest BCUT2D eigenvalue weighted by Crippen LogP contribution is 2.27. The van der Waals surface area contributed by atoms with Gasteiger partial charge in [0.25, 0.3) is 0 Å². The fourth-order valence-corrected chi connectivity index (χ4v) is 3.44. The van der Waals surface area contributed by atoms with Crippen molar-refractivity contribution in [2.75, 3.05) is 19.6 Å². The highest BCUT2D eigenvalue weighted by molar-refractivity contribution is 6.30. The summed E-state index contributed by atoms with van der Waals surface area (Å²) in [5, 5.41) is 7.52. The standard InChI is InChI=1S/C19H25ClN4O2/c1-13-7-9-24(10-8-13)17(15-3-5-16(20)6-4-15)12-21-19(25)11-18-22-14(2)26-23-18/h3-6,13,17H,7-12H2,1-2H3,(H,21,25). The summed E-state index contributed by atoms with van der Waals surface area (Å²) in [6.45, 7) is 6.63. The molecule has 1 fully saturated rings. The fraction of sp³-hybridized carbons (Fsp3) is 0.526. The van der Waals surface area contributed by atoms with Crippen molar-refractivity contribution in [2.24, 2.45) is 5.92 Å². The minimum Gasteiger partial charge on any atom is -0.354 e. The van der Waals surface area contributed by atoms with Crippen molar-refractivity contribution in [3.8, 4) is 0 Å². The van der Waals surface area contributed by atoms with Crippen LogP contribution in [0.15, 0.2) is 28.8 Å². The van der Waals surface area contributed by atoms with E-state index in [1.165, 1.54) is 18.4 Å². The number of benzene rings is 1. The number of nitrogens with zero attached hydrogens (tertiary/aromatic N) is 3. The van der Waals surface area contributed by atoms with E-state index < -0.39 is 0 Å². The second-order valence-corrected chi connectivity index (χ2v) is 7.43. The fourth-order valence-electron chi connectivity index (χ4n) is 3.31. The molecule has 1 amide bonds. The number of piperidine rings is 1. The van der Waals surface area contributed by atoms with Crippen LogP contribution in [0.5, 0.6) is 0 Å². The van der Waals surface area contributed by atoms with E-state index in [2.05, 4.69) is 27.3 Å². The topological polar surface area (TPSA) is 71.3 Å². The Morgan fingerprint density at radius 1 is 1.35 bits per heavy atom. The first-order valence-corrected chi connectivity index (χ1v) is 9.44. The molecule has 26 heavy (non-hydrogen) atoms. The molecule has 0 saturated carbocycles. The van der Waals surface area contributed by atoms with E-state index in [0.29, 0.717) is 18.3 Å². The molecule has 3 rings (SSSR count). The molecule has 1 atom stereocenters. The van der Waals surface area contributed by atoms with E-state index in [4.69, 9.17) is 16.1 Å². The number of aromatic nitrogens is 2. The Kier molecular flexibility index (Phi) is 6.27. The van der Waals surface area contributed by atoms with Crippen molar-refractivity contribution >= 4 is 17.5 Å². The first-order valence-electron chi connectivity index (χ1n) is 9.06. The lowest BCUT2D eigenvalue weighted by Gasteiger charge is -2.37. The third-order valence-corrected chi connectivity index (χ3v) is 5.15. The lowest BCUT2D eigenvalue weighted by molar-refractivity contribution is -0.120. The zero-order valence-electron chi connectivity index (χ0n) is 15.2. The Hall–Kier alpha value is -1.92. The van der Waals surface area contributed by atoms with Crippen LogP contribution in [0.3, 0.4) is 0 Å². The van der Waals surface area contributed by atoms with Gasteiger partial charge in [-0.2, -0.15) is 4.98 Å². The molecule has 0 spiro atoms. The van der Waals surface area contributed by atoms with Gasteiger partial charge >= 0.3 is 0 Å². The molecule has 2 heterocycles. The summed E-state index contributed by atoms with van der Waals surface area (Å²) in [4.78, 5) is 18.8. The average Bonchev–Trinajstić information content (AvgIpc) is 3.03. The van der Waals surface area contributed by atoms with Crippen molar-refractivity contribution in [2.45, 2.75) is 39.2 Å². The summed E-state index contributed by atoms with van der Waals surface area (Å²) >= 11 is 6.03. The van der Waals surface area contributed by atoms with Gasteiger partial charge in [-0.15, -0.1) is 0 Å². The second-order valence-electron chi connectivity index (χ2n) is 7.00. The summed E-state index contributed by atoms with van der Waals surface area (Å²) in [7, 11) is 0. The molecule has 1 aliphatic rings. The highest BCUT2D eigenvalue weighted by Gasteiger charge is 2.25. The molecule has 7 heteroatoms. The number of halogens is 1. The summed E-state index contributed by atoms with van der Waals surface area (Å²) in [5.41, 5.74) is 1.17. The molecule has 140 valence electrons. The van der Waals surface area contributed by atoms with Crippen molar-refractivity contribution in [3.05, 3.63) is 46.6 Å². The quantitative estimate of drug-likeness (QED) is 0.838. The van der Waals surface area contributed by atoms with Gasteiger partial charge in [0.05, 0.1) is 12.5 Å². The number of hydrogen-bond donors (Lipinski definition) is 1. The molecule has 2 aromatic rings. The minimum atomic E-state index is -0.102. The molecule has 1 aliphatic heterocycles. The second kappa shape index (κ2) is 8.64. The first-order chi connectivity index (χ1) is 12.5. The zero-order valence-corrected chi connectivity index (χ0v) is 16.0. The first kappa shape index (κ1) is 18.9. The molecule has 1 N–H and O–H groups in total. The zero-order chi connectivity index (χ0) is 18.5. The van der Waals surface area contributed by atoms with Crippen molar-refractivity contribution in [1.82, 2.24) is 20.4 Å². The van der Waals surface area contributed by atoms with E-state index in [-0.39, 0.29) is 18.4 Å². The van der Waals surface area contributed by atoms with Crippen LogP contribution in [-0.2, 0) is 11.2 Å². The maximum atomic E-state index is 12.3. The van der Waals surface area contributed by atoms with Gasteiger partial charge < -0.3 is 9.84 Å². The van der Waals surface area contributed by atoms with Gasteiger partial charge in [-0.1, -0.05) is 35.8 Å². The van der Waals surface area contributed by atoms with Crippen molar-refractivity contribution < 1.29 is 9.32 Å². The van der Waals surface area contributed by atoms with E-state index in [0.717, 1.165) is 24.0 Å². The Morgan fingerprint density at radius 3 is 2.65 bits per heavy atom.